The highest BCUT2D eigenvalue weighted by Crippen LogP contribution is 2.20. The number of ether oxygens (including phenoxy) is 1. The normalized spacial score (nSPS) is 19.6. The molecule has 5 heteroatoms. The van der Waals surface area contributed by atoms with E-state index in [1.54, 1.807) is 12.1 Å². The fourth-order valence-corrected chi connectivity index (χ4v) is 2.18. The summed E-state index contributed by atoms with van der Waals surface area (Å²) in [7, 11) is 0. The SMILES string of the molecule is CCOc1ccc(CN2CC[C@@H](N)C2)cc1F.Cl. The van der Waals surface area contributed by atoms with Crippen LogP contribution in [0.3, 0.4) is 0 Å². The number of halogens is 2. The summed E-state index contributed by atoms with van der Waals surface area (Å²) >= 11 is 0. The van der Waals surface area contributed by atoms with E-state index in [9.17, 15) is 4.39 Å². The molecule has 1 aromatic carbocycles. The van der Waals surface area contributed by atoms with Gasteiger partial charge >= 0.3 is 0 Å². The zero-order valence-corrected chi connectivity index (χ0v) is 11.4. The average Bonchev–Trinajstić information content (AvgIpc) is 2.68. The number of benzene rings is 1. The van der Waals surface area contributed by atoms with Crippen LogP contribution in [0.15, 0.2) is 18.2 Å². The van der Waals surface area contributed by atoms with Crippen molar-refractivity contribution in [2.24, 2.45) is 5.73 Å². The topological polar surface area (TPSA) is 38.5 Å². The first kappa shape index (κ1) is 15.2. The van der Waals surface area contributed by atoms with Crippen LogP contribution in [0.2, 0.25) is 0 Å². The fraction of sp³-hybridized carbons (Fsp3) is 0.538. The third-order valence-electron chi connectivity index (χ3n) is 3.01. The van der Waals surface area contributed by atoms with E-state index in [-0.39, 0.29) is 24.3 Å². The first-order chi connectivity index (χ1) is 8.19. The van der Waals surface area contributed by atoms with Gasteiger partial charge < -0.3 is 10.5 Å². The predicted molar refractivity (Wildman–Crippen MR) is 72.7 cm³/mol. The Morgan fingerprint density at radius 2 is 2.28 bits per heavy atom. The van der Waals surface area contributed by atoms with Gasteiger partial charge in [-0.3, -0.25) is 4.90 Å². The third kappa shape index (κ3) is 3.83. The fourth-order valence-electron chi connectivity index (χ4n) is 2.18. The van der Waals surface area contributed by atoms with Crippen molar-refractivity contribution in [2.75, 3.05) is 19.7 Å². The second kappa shape index (κ2) is 6.92. The lowest BCUT2D eigenvalue weighted by molar-refractivity contribution is 0.315. The Hall–Kier alpha value is -0.840. The van der Waals surface area contributed by atoms with Crippen molar-refractivity contribution < 1.29 is 9.13 Å². The molecule has 1 aliphatic rings. The van der Waals surface area contributed by atoms with Gasteiger partial charge in [-0.25, -0.2) is 4.39 Å². The Balaban J connectivity index is 0.00000162. The largest absolute Gasteiger partial charge is 0.491 e. The summed E-state index contributed by atoms with van der Waals surface area (Å²) in [4.78, 5) is 2.25. The summed E-state index contributed by atoms with van der Waals surface area (Å²) in [5.74, 6) is 0.0437. The molecule has 0 saturated carbocycles. The van der Waals surface area contributed by atoms with E-state index < -0.39 is 0 Å². The molecule has 102 valence electrons. The maximum absolute atomic E-state index is 13.6. The highest BCUT2D eigenvalue weighted by molar-refractivity contribution is 5.85. The molecule has 0 radical (unpaired) electrons. The van der Waals surface area contributed by atoms with Crippen LogP contribution in [0.5, 0.6) is 5.75 Å². The van der Waals surface area contributed by atoms with Crippen LogP contribution in [0.4, 0.5) is 4.39 Å². The van der Waals surface area contributed by atoms with Crippen molar-refractivity contribution >= 4 is 12.4 Å². The molecular weight excluding hydrogens is 255 g/mol. The second-order valence-corrected chi connectivity index (χ2v) is 4.48. The highest BCUT2D eigenvalue weighted by atomic mass is 35.5. The van der Waals surface area contributed by atoms with Gasteiger partial charge in [0, 0.05) is 25.7 Å². The van der Waals surface area contributed by atoms with E-state index >= 15 is 0 Å². The number of hydrogen-bond acceptors (Lipinski definition) is 3. The molecule has 1 saturated heterocycles. The van der Waals surface area contributed by atoms with Crippen molar-refractivity contribution in [1.82, 2.24) is 4.90 Å². The number of nitrogens with two attached hydrogens (primary N) is 1. The first-order valence-electron chi connectivity index (χ1n) is 6.08. The minimum absolute atomic E-state index is 0. The lowest BCUT2D eigenvalue weighted by atomic mass is 10.2. The Morgan fingerprint density at radius 1 is 1.50 bits per heavy atom. The summed E-state index contributed by atoms with van der Waals surface area (Å²) in [5.41, 5.74) is 6.81. The molecule has 1 aromatic rings. The van der Waals surface area contributed by atoms with Crippen molar-refractivity contribution in [3.05, 3.63) is 29.6 Å². The Morgan fingerprint density at radius 3 is 2.83 bits per heavy atom. The number of likely N-dealkylation sites (tertiary alicyclic amines) is 1. The predicted octanol–water partition coefficient (Wildman–Crippen LogP) is 2.18. The summed E-state index contributed by atoms with van der Waals surface area (Å²) in [6.07, 6.45) is 1.03. The van der Waals surface area contributed by atoms with E-state index in [0.717, 1.165) is 31.6 Å². The van der Waals surface area contributed by atoms with Gasteiger partial charge in [-0.2, -0.15) is 0 Å². The third-order valence-corrected chi connectivity index (χ3v) is 3.01. The zero-order valence-electron chi connectivity index (χ0n) is 10.6. The lowest BCUT2D eigenvalue weighted by Gasteiger charge is -2.15. The number of hydrogen-bond donors (Lipinski definition) is 1. The van der Waals surface area contributed by atoms with E-state index in [1.165, 1.54) is 0 Å². The molecule has 1 heterocycles. The summed E-state index contributed by atoms with van der Waals surface area (Å²) in [6, 6.07) is 5.43. The maximum atomic E-state index is 13.6. The molecule has 2 N–H and O–H groups in total. The van der Waals surface area contributed by atoms with E-state index in [2.05, 4.69) is 4.90 Å². The molecule has 0 bridgehead atoms. The molecule has 0 spiro atoms. The molecule has 1 fully saturated rings. The molecule has 0 unspecified atom stereocenters. The summed E-state index contributed by atoms with van der Waals surface area (Å²) < 4.78 is 18.8. The quantitative estimate of drug-likeness (QED) is 0.915. The minimum atomic E-state index is -0.284. The summed E-state index contributed by atoms with van der Waals surface area (Å²) in [6.45, 7) is 4.98. The maximum Gasteiger partial charge on any atom is 0.165 e. The Kier molecular flexibility index (Phi) is 5.85. The summed E-state index contributed by atoms with van der Waals surface area (Å²) in [5, 5.41) is 0. The molecule has 0 amide bonds. The lowest BCUT2D eigenvalue weighted by Crippen LogP contribution is -2.26. The molecule has 0 aliphatic carbocycles. The molecular formula is C13H20ClFN2O. The standard InChI is InChI=1S/C13H19FN2O.ClH/c1-2-17-13-4-3-10(7-12(13)14)8-16-6-5-11(15)9-16;/h3-4,7,11H,2,5-6,8-9,15H2,1H3;1H/t11-;/m1./s1. The number of rotatable bonds is 4. The van der Waals surface area contributed by atoms with Crippen LogP contribution >= 0.6 is 12.4 Å². The van der Waals surface area contributed by atoms with Gasteiger partial charge in [0.05, 0.1) is 6.61 Å². The first-order valence-corrected chi connectivity index (χ1v) is 6.08. The van der Waals surface area contributed by atoms with Gasteiger partial charge in [0.2, 0.25) is 0 Å². The molecule has 1 atom stereocenters. The van der Waals surface area contributed by atoms with E-state index in [1.807, 2.05) is 13.0 Å². The molecule has 2 rings (SSSR count). The van der Waals surface area contributed by atoms with Crippen LogP contribution in [-0.4, -0.2) is 30.6 Å². The smallest absolute Gasteiger partial charge is 0.165 e. The second-order valence-electron chi connectivity index (χ2n) is 4.48. The average molecular weight is 275 g/mol. The number of nitrogens with zero attached hydrogens (tertiary/aromatic N) is 1. The van der Waals surface area contributed by atoms with Gasteiger partial charge in [0.1, 0.15) is 0 Å². The van der Waals surface area contributed by atoms with Crippen molar-refractivity contribution in [2.45, 2.75) is 25.9 Å². The van der Waals surface area contributed by atoms with E-state index in [4.69, 9.17) is 10.5 Å². The molecule has 0 aromatic heterocycles. The Bertz CT molecular complexity index is 389. The van der Waals surface area contributed by atoms with Gasteiger partial charge in [0.25, 0.3) is 0 Å². The molecule has 18 heavy (non-hydrogen) atoms. The van der Waals surface area contributed by atoms with Gasteiger partial charge in [-0.15, -0.1) is 12.4 Å². The van der Waals surface area contributed by atoms with Gasteiger partial charge in [-0.1, -0.05) is 6.07 Å². The zero-order chi connectivity index (χ0) is 12.3. The molecule has 1 aliphatic heterocycles. The van der Waals surface area contributed by atoms with Gasteiger partial charge in [-0.05, 0) is 31.0 Å². The van der Waals surface area contributed by atoms with Crippen LogP contribution in [0, 0.1) is 5.82 Å². The van der Waals surface area contributed by atoms with Crippen molar-refractivity contribution in [1.29, 1.82) is 0 Å². The van der Waals surface area contributed by atoms with Crippen LogP contribution in [0.1, 0.15) is 18.9 Å². The highest BCUT2D eigenvalue weighted by Gasteiger charge is 2.19. The minimum Gasteiger partial charge on any atom is -0.491 e. The van der Waals surface area contributed by atoms with Crippen molar-refractivity contribution in [3.8, 4) is 5.75 Å². The van der Waals surface area contributed by atoms with Crippen LogP contribution in [0.25, 0.3) is 0 Å². The van der Waals surface area contributed by atoms with Crippen LogP contribution in [-0.2, 0) is 6.54 Å². The van der Waals surface area contributed by atoms with Crippen molar-refractivity contribution in [3.63, 3.8) is 0 Å². The van der Waals surface area contributed by atoms with Crippen LogP contribution < -0.4 is 10.5 Å². The Labute approximate surface area is 114 Å². The monoisotopic (exact) mass is 274 g/mol. The van der Waals surface area contributed by atoms with Gasteiger partial charge in [0.15, 0.2) is 11.6 Å². The van der Waals surface area contributed by atoms with E-state index in [0.29, 0.717) is 12.4 Å². The molecule has 3 nitrogen and oxygen atoms in total.